The summed E-state index contributed by atoms with van der Waals surface area (Å²) in [6.45, 7) is 3.77. The number of aliphatic hydroxyl groups is 1. The molecule has 0 spiro atoms. The maximum absolute atomic E-state index is 10.3. The van der Waals surface area contributed by atoms with Crippen molar-refractivity contribution in [1.29, 1.82) is 0 Å². The fourth-order valence-corrected chi connectivity index (χ4v) is 4.92. The van der Waals surface area contributed by atoms with Crippen LogP contribution < -0.4 is 5.32 Å². The Kier molecular flexibility index (Phi) is 4.66. The summed E-state index contributed by atoms with van der Waals surface area (Å²) in [7, 11) is 0. The number of nitrogens with one attached hydrogen (secondary N) is 2. The first-order valence-corrected chi connectivity index (χ1v) is 11.4. The molecule has 0 aliphatic heterocycles. The predicted octanol–water partition coefficient (Wildman–Crippen LogP) is 4.60. The fourth-order valence-electron chi connectivity index (χ4n) is 4.92. The molecule has 0 fully saturated rings. The maximum Gasteiger partial charge on any atom is 0.163 e. The molecule has 0 saturated heterocycles. The molecule has 1 aliphatic carbocycles. The average molecular weight is 439 g/mol. The van der Waals surface area contributed by atoms with Crippen molar-refractivity contribution >= 4 is 22.4 Å². The molecule has 166 valence electrons. The van der Waals surface area contributed by atoms with E-state index in [9.17, 15) is 5.11 Å². The third-order valence-electron chi connectivity index (χ3n) is 6.57. The van der Waals surface area contributed by atoms with Crippen molar-refractivity contribution in [2.45, 2.75) is 45.3 Å². The Bertz CT molecular complexity index is 1480. The minimum absolute atomic E-state index is 0.269. The number of hydrogen-bond acceptors (Lipinski definition) is 5. The molecule has 0 bridgehead atoms. The molecular formula is C26H26N6O. The van der Waals surface area contributed by atoms with E-state index in [0.717, 1.165) is 41.9 Å². The summed E-state index contributed by atoms with van der Waals surface area (Å²) < 4.78 is 1.81. The van der Waals surface area contributed by atoms with E-state index >= 15 is 0 Å². The van der Waals surface area contributed by atoms with Gasteiger partial charge in [0.05, 0.1) is 18.0 Å². The number of nitrogens with zero attached hydrogens (tertiary/aromatic N) is 4. The molecule has 1 aromatic carbocycles. The van der Waals surface area contributed by atoms with Crippen LogP contribution in [-0.2, 0) is 12.8 Å². The van der Waals surface area contributed by atoms with Gasteiger partial charge in [0.25, 0.3) is 0 Å². The third kappa shape index (κ3) is 3.45. The van der Waals surface area contributed by atoms with Gasteiger partial charge in [-0.25, -0.2) is 4.98 Å². The molecule has 0 amide bonds. The zero-order valence-corrected chi connectivity index (χ0v) is 18.7. The van der Waals surface area contributed by atoms with E-state index < -0.39 is 6.10 Å². The Hall–Kier alpha value is -3.71. The highest BCUT2D eigenvalue weighted by Crippen LogP contribution is 2.32. The molecule has 1 aliphatic rings. The van der Waals surface area contributed by atoms with Crippen LogP contribution >= 0.6 is 0 Å². The molecule has 7 heteroatoms. The van der Waals surface area contributed by atoms with Crippen LogP contribution in [0.4, 0.5) is 5.82 Å². The van der Waals surface area contributed by atoms with Crippen LogP contribution in [-0.4, -0.2) is 35.7 Å². The molecule has 4 aromatic heterocycles. The van der Waals surface area contributed by atoms with Gasteiger partial charge in [-0.1, -0.05) is 18.2 Å². The first-order valence-electron chi connectivity index (χ1n) is 11.4. The lowest BCUT2D eigenvalue weighted by atomic mass is 9.91. The second-order valence-corrected chi connectivity index (χ2v) is 9.00. The molecule has 4 heterocycles. The molecule has 3 N–H and O–H groups in total. The van der Waals surface area contributed by atoms with Gasteiger partial charge in [-0.15, -0.1) is 0 Å². The normalized spacial score (nSPS) is 16.8. The molecule has 0 radical (unpaired) electrons. The van der Waals surface area contributed by atoms with Crippen molar-refractivity contribution in [2.75, 3.05) is 5.32 Å². The standard InChI is InChI=1S/C26H26N6O/c1-15-9-17(13-27-12-15)24-11-25(32-26(31-24)21(14-28-32)16(2)33)29-18-7-8-23-20(10-18)19-5-3-4-6-22(19)30-23/h3-6,9,11-14,16,18,29-30,33H,7-8,10H2,1-2H3/t16-,18+/m0/s1. The highest BCUT2D eigenvalue weighted by Gasteiger charge is 2.24. The molecule has 0 unspecified atom stereocenters. The zero-order valence-electron chi connectivity index (χ0n) is 18.7. The number of benzene rings is 1. The van der Waals surface area contributed by atoms with E-state index in [2.05, 4.69) is 50.7 Å². The van der Waals surface area contributed by atoms with Gasteiger partial charge >= 0.3 is 0 Å². The van der Waals surface area contributed by atoms with E-state index in [0.29, 0.717) is 11.2 Å². The lowest BCUT2D eigenvalue weighted by molar-refractivity contribution is 0.200. The lowest BCUT2D eigenvalue weighted by Gasteiger charge is -2.25. The summed E-state index contributed by atoms with van der Waals surface area (Å²) >= 11 is 0. The predicted molar refractivity (Wildman–Crippen MR) is 129 cm³/mol. The number of para-hydroxylation sites is 1. The van der Waals surface area contributed by atoms with E-state index in [1.807, 2.05) is 25.4 Å². The van der Waals surface area contributed by atoms with E-state index in [1.165, 1.54) is 22.2 Å². The average Bonchev–Trinajstić information content (AvgIpc) is 3.41. The summed E-state index contributed by atoms with van der Waals surface area (Å²) in [5, 5.41) is 19.9. The van der Waals surface area contributed by atoms with Crippen LogP contribution in [0.1, 0.15) is 41.8 Å². The summed E-state index contributed by atoms with van der Waals surface area (Å²) in [5.41, 5.74) is 8.15. The summed E-state index contributed by atoms with van der Waals surface area (Å²) in [4.78, 5) is 12.8. The second-order valence-electron chi connectivity index (χ2n) is 9.00. The van der Waals surface area contributed by atoms with Crippen LogP contribution in [0.25, 0.3) is 27.8 Å². The van der Waals surface area contributed by atoms with Crippen LogP contribution in [0.15, 0.2) is 55.0 Å². The topological polar surface area (TPSA) is 91.1 Å². The number of anilines is 1. The first-order chi connectivity index (χ1) is 16.1. The minimum Gasteiger partial charge on any atom is -0.389 e. The first kappa shape index (κ1) is 19.9. The smallest absolute Gasteiger partial charge is 0.163 e. The Morgan fingerprint density at radius 2 is 2.06 bits per heavy atom. The number of hydrogen-bond donors (Lipinski definition) is 3. The number of rotatable bonds is 4. The molecule has 6 rings (SSSR count). The molecule has 7 nitrogen and oxygen atoms in total. The Labute approximate surface area is 191 Å². The number of aromatic nitrogens is 5. The number of fused-ring (bicyclic) bond motifs is 4. The van der Waals surface area contributed by atoms with Gasteiger partial charge < -0.3 is 15.4 Å². The van der Waals surface area contributed by atoms with Crippen molar-refractivity contribution in [3.63, 3.8) is 0 Å². The third-order valence-corrected chi connectivity index (χ3v) is 6.57. The number of aryl methyl sites for hydroxylation is 2. The largest absolute Gasteiger partial charge is 0.389 e. The SMILES string of the molecule is Cc1cncc(-c2cc(N[C@@H]3CCc4[nH]c5ccccc5c4C3)n3ncc([C@H](C)O)c3n2)c1. The number of aromatic amines is 1. The molecular weight excluding hydrogens is 412 g/mol. The number of pyridine rings is 1. The summed E-state index contributed by atoms with van der Waals surface area (Å²) in [6.07, 6.45) is 7.68. The lowest BCUT2D eigenvalue weighted by Crippen LogP contribution is -2.28. The molecule has 33 heavy (non-hydrogen) atoms. The van der Waals surface area contributed by atoms with Gasteiger partial charge in [-0.2, -0.15) is 9.61 Å². The highest BCUT2D eigenvalue weighted by molar-refractivity contribution is 5.85. The van der Waals surface area contributed by atoms with Crippen molar-refractivity contribution in [1.82, 2.24) is 24.6 Å². The Morgan fingerprint density at radius 3 is 2.91 bits per heavy atom. The van der Waals surface area contributed by atoms with Crippen LogP contribution in [0.2, 0.25) is 0 Å². The minimum atomic E-state index is -0.655. The van der Waals surface area contributed by atoms with Crippen molar-refractivity contribution in [3.05, 3.63) is 77.4 Å². The fraction of sp³-hybridized carbons (Fsp3) is 0.269. The molecule has 2 atom stereocenters. The monoisotopic (exact) mass is 438 g/mol. The molecule has 0 saturated carbocycles. The van der Waals surface area contributed by atoms with E-state index in [4.69, 9.17) is 4.98 Å². The van der Waals surface area contributed by atoms with Crippen LogP contribution in [0.3, 0.4) is 0 Å². The van der Waals surface area contributed by atoms with Crippen molar-refractivity contribution in [2.24, 2.45) is 0 Å². The van der Waals surface area contributed by atoms with E-state index in [1.54, 1.807) is 17.6 Å². The van der Waals surface area contributed by atoms with Gasteiger partial charge in [0.1, 0.15) is 5.82 Å². The Balaban J connectivity index is 1.41. The summed E-state index contributed by atoms with van der Waals surface area (Å²) in [6, 6.07) is 12.9. The van der Waals surface area contributed by atoms with Gasteiger partial charge in [-0.05, 0) is 56.4 Å². The maximum atomic E-state index is 10.3. The van der Waals surface area contributed by atoms with E-state index in [-0.39, 0.29) is 6.04 Å². The highest BCUT2D eigenvalue weighted by atomic mass is 16.3. The van der Waals surface area contributed by atoms with Crippen molar-refractivity contribution < 1.29 is 5.11 Å². The Morgan fingerprint density at radius 1 is 1.18 bits per heavy atom. The van der Waals surface area contributed by atoms with Gasteiger partial charge in [0.15, 0.2) is 5.65 Å². The molecule has 5 aromatic rings. The zero-order chi connectivity index (χ0) is 22.5. The van der Waals surface area contributed by atoms with Crippen LogP contribution in [0, 0.1) is 6.92 Å². The summed E-state index contributed by atoms with van der Waals surface area (Å²) in [5.74, 6) is 0.872. The van der Waals surface area contributed by atoms with Crippen LogP contribution in [0.5, 0.6) is 0 Å². The van der Waals surface area contributed by atoms with Gasteiger partial charge in [0.2, 0.25) is 0 Å². The van der Waals surface area contributed by atoms with Gasteiger partial charge in [0, 0.05) is 52.2 Å². The number of aliphatic hydroxyl groups excluding tert-OH is 1. The van der Waals surface area contributed by atoms with Gasteiger partial charge in [-0.3, -0.25) is 4.98 Å². The van der Waals surface area contributed by atoms with Crippen molar-refractivity contribution in [3.8, 4) is 11.3 Å². The quantitative estimate of drug-likeness (QED) is 0.381. The second kappa shape index (κ2) is 7.71. The number of H-pyrrole nitrogens is 1.